The minimum absolute atomic E-state index is 0.0837. The van der Waals surface area contributed by atoms with Crippen LogP contribution in [0.25, 0.3) is 0 Å². The van der Waals surface area contributed by atoms with Crippen LogP contribution in [0.5, 0.6) is 0 Å². The molecule has 1 N–H and O–H groups in total. The highest BCUT2D eigenvalue weighted by Crippen LogP contribution is 2.22. The highest BCUT2D eigenvalue weighted by Gasteiger charge is 2.43. The van der Waals surface area contributed by atoms with E-state index in [1.807, 2.05) is 13.8 Å². The van der Waals surface area contributed by atoms with Gasteiger partial charge in [-0.1, -0.05) is 37.6 Å². The Balaban J connectivity index is 1.61. The van der Waals surface area contributed by atoms with E-state index in [2.05, 4.69) is 4.72 Å². The molecule has 0 radical (unpaired) electrons. The van der Waals surface area contributed by atoms with Gasteiger partial charge in [-0.25, -0.2) is 13.1 Å². The second-order valence-corrected chi connectivity index (χ2v) is 10.6. The van der Waals surface area contributed by atoms with Gasteiger partial charge in [0.05, 0.1) is 19.0 Å². The number of rotatable bonds is 8. The van der Waals surface area contributed by atoms with Crippen LogP contribution in [0.3, 0.4) is 0 Å². The van der Waals surface area contributed by atoms with Crippen molar-refractivity contribution in [2.75, 3.05) is 38.6 Å². The van der Waals surface area contributed by atoms with Crippen LogP contribution in [0.4, 0.5) is 0 Å². The third-order valence-electron chi connectivity index (χ3n) is 5.68. The van der Waals surface area contributed by atoms with Crippen LogP contribution in [-0.2, 0) is 30.8 Å². The zero-order valence-electron chi connectivity index (χ0n) is 17.9. The summed E-state index contributed by atoms with van der Waals surface area (Å²) in [5.74, 6) is -0.647. The highest BCUT2D eigenvalue weighted by atomic mass is 35.5. The molecule has 1 unspecified atom stereocenters. The monoisotopic (exact) mass is 471 g/mol. The first-order chi connectivity index (χ1) is 14.7. The van der Waals surface area contributed by atoms with Gasteiger partial charge in [-0.05, 0) is 36.5 Å². The van der Waals surface area contributed by atoms with Gasteiger partial charge in [-0.3, -0.25) is 9.59 Å². The highest BCUT2D eigenvalue weighted by molar-refractivity contribution is 7.89. The number of hydrogen-bond donors (Lipinski definition) is 1. The fourth-order valence-electron chi connectivity index (χ4n) is 4.02. The summed E-state index contributed by atoms with van der Waals surface area (Å²) in [7, 11) is -3.66. The summed E-state index contributed by atoms with van der Waals surface area (Å²) in [6.45, 7) is 6.14. The molecule has 1 aromatic carbocycles. The Morgan fingerprint density at radius 1 is 1.19 bits per heavy atom. The molecule has 3 rings (SSSR count). The number of morpholine rings is 1. The molecule has 10 heteroatoms. The van der Waals surface area contributed by atoms with Gasteiger partial charge in [-0.15, -0.1) is 0 Å². The third-order valence-corrected chi connectivity index (χ3v) is 7.31. The molecule has 2 fully saturated rings. The molecule has 2 heterocycles. The van der Waals surface area contributed by atoms with Crippen LogP contribution >= 0.6 is 11.6 Å². The Morgan fingerprint density at radius 2 is 1.84 bits per heavy atom. The third kappa shape index (κ3) is 6.19. The normalized spacial score (nSPS) is 21.0. The van der Waals surface area contributed by atoms with E-state index in [-0.39, 0.29) is 23.5 Å². The Kier molecular flexibility index (Phi) is 7.96. The molecular formula is C21H30ClN3O5S. The van der Waals surface area contributed by atoms with Gasteiger partial charge in [0.15, 0.2) is 0 Å². The smallest absolute Gasteiger partial charge is 0.245 e. The molecule has 2 atom stereocenters. The lowest BCUT2D eigenvalue weighted by atomic mass is 10.0. The summed E-state index contributed by atoms with van der Waals surface area (Å²) in [6, 6.07) is 5.55. The van der Waals surface area contributed by atoms with E-state index in [1.165, 1.54) is 4.90 Å². The van der Waals surface area contributed by atoms with Crippen molar-refractivity contribution in [1.82, 2.24) is 14.5 Å². The predicted octanol–water partition coefficient (Wildman–Crippen LogP) is 1.29. The van der Waals surface area contributed by atoms with E-state index in [0.717, 1.165) is 5.56 Å². The zero-order valence-corrected chi connectivity index (χ0v) is 19.5. The lowest BCUT2D eigenvalue weighted by molar-refractivity contribution is -0.148. The first-order valence-electron chi connectivity index (χ1n) is 10.6. The zero-order chi connectivity index (χ0) is 22.6. The number of ether oxygens (including phenoxy) is 1. The molecule has 0 spiro atoms. The van der Waals surface area contributed by atoms with Crippen molar-refractivity contribution in [3.8, 4) is 0 Å². The number of aryl methyl sites for hydroxylation is 1. The minimum atomic E-state index is -3.66. The molecule has 0 saturated carbocycles. The maximum absolute atomic E-state index is 13.1. The van der Waals surface area contributed by atoms with Crippen molar-refractivity contribution in [2.24, 2.45) is 5.92 Å². The molecule has 0 aliphatic carbocycles. The van der Waals surface area contributed by atoms with Gasteiger partial charge < -0.3 is 14.5 Å². The van der Waals surface area contributed by atoms with Crippen LogP contribution in [0.15, 0.2) is 24.3 Å². The van der Waals surface area contributed by atoms with E-state index in [9.17, 15) is 18.0 Å². The van der Waals surface area contributed by atoms with Crippen molar-refractivity contribution < 1.29 is 22.7 Å². The second kappa shape index (κ2) is 10.3. The first kappa shape index (κ1) is 24.0. The van der Waals surface area contributed by atoms with Crippen LogP contribution in [0.2, 0.25) is 5.02 Å². The Hall–Kier alpha value is -1.68. The number of carbonyl (C=O) groups is 2. The van der Waals surface area contributed by atoms with Crippen molar-refractivity contribution in [3.63, 3.8) is 0 Å². The van der Waals surface area contributed by atoms with E-state index in [4.69, 9.17) is 16.3 Å². The number of nitrogens with one attached hydrogen (secondary N) is 1. The molecular weight excluding hydrogens is 442 g/mol. The summed E-state index contributed by atoms with van der Waals surface area (Å²) < 4.78 is 33.0. The van der Waals surface area contributed by atoms with Crippen molar-refractivity contribution in [2.45, 2.75) is 38.8 Å². The van der Waals surface area contributed by atoms with Crippen LogP contribution in [-0.4, -0.2) is 80.7 Å². The predicted molar refractivity (Wildman–Crippen MR) is 118 cm³/mol. The molecule has 2 saturated heterocycles. The standard InChI is InChI=1S/C21H30ClN3O5S/c1-15(2)19(21(27)24-10-12-30-13-11-24)25-9-7-18(20(25)26)23-31(28,29)14-8-16-3-5-17(22)6-4-16/h3-6,15,18-19,23H,7-14H2,1-2H3/t18?,19-/m0/s1. The average Bonchev–Trinajstić information content (AvgIpc) is 3.07. The maximum Gasteiger partial charge on any atom is 0.245 e. The lowest BCUT2D eigenvalue weighted by Gasteiger charge is -2.36. The minimum Gasteiger partial charge on any atom is -0.378 e. The summed E-state index contributed by atoms with van der Waals surface area (Å²) in [4.78, 5) is 29.4. The van der Waals surface area contributed by atoms with E-state index < -0.39 is 22.1 Å². The molecule has 31 heavy (non-hydrogen) atoms. The van der Waals surface area contributed by atoms with E-state index in [1.54, 1.807) is 29.2 Å². The molecule has 2 amide bonds. The summed E-state index contributed by atoms with van der Waals surface area (Å²) in [6.07, 6.45) is 0.667. The van der Waals surface area contributed by atoms with Gasteiger partial charge in [-0.2, -0.15) is 0 Å². The van der Waals surface area contributed by atoms with Crippen LogP contribution < -0.4 is 4.72 Å². The van der Waals surface area contributed by atoms with Crippen molar-refractivity contribution in [1.29, 1.82) is 0 Å². The van der Waals surface area contributed by atoms with Crippen LogP contribution in [0, 0.1) is 5.92 Å². The Labute approximate surface area is 188 Å². The number of likely N-dealkylation sites (tertiary alicyclic amines) is 1. The number of benzene rings is 1. The molecule has 0 aromatic heterocycles. The average molecular weight is 472 g/mol. The molecule has 172 valence electrons. The van der Waals surface area contributed by atoms with Crippen molar-refractivity contribution in [3.05, 3.63) is 34.9 Å². The number of halogens is 1. The van der Waals surface area contributed by atoms with Crippen LogP contribution in [0.1, 0.15) is 25.8 Å². The number of sulfonamides is 1. The molecule has 2 aliphatic rings. The lowest BCUT2D eigenvalue weighted by Crippen LogP contribution is -2.55. The van der Waals surface area contributed by atoms with Gasteiger partial charge in [0.1, 0.15) is 12.1 Å². The number of hydrogen-bond acceptors (Lipinski definition) is 5. The summed E-state index contributed by atoms with van der Waals surface area (Å²) in [5, 5.41) is 0.590. The quantitative estimate of drug-likeness (QED) is 0.616. The number of amides is 2. The SMILES string of the molecule is CC(C)[C@@H](C(=O)N1CCOCC1)N1CCC(NS(=O)(=O)CCc2ccc(Cl)cc2)C1=O. The Bertz CT molecular complexity index is 885. The summed E-state index contributed by atoms with van der Waals surface area (Å²) >= 11 is 5.86. The molecule has 1 aromatic rings. The second-order valence-electron chi connectivity index (χ2n) is 8.31. The van der Waals surface area contributed by atoms with E-state index in [0.29, 0.717) is 50.7 Å². The largest absolute Gasteiger partial charge is 0.378 e. The number of nitrogens with zero attached hydrogens (tertiary/aromatic N) is 2. The van der Waals surface area contributed by atoms with Gasteiger partial charge in [0.2, 0.25) is 21.8 Å². The fourth-order valence-corrected chi connectivity index (χ4v) is 5.42. The molecule has 2 aliphatic heterocycles. The van der Waals surface area contributed by atoms with Gasteiger partial charge in [0.25, 0.3) is 0 Å². The molecule has 8 nitrogen and oxygen atoms in total. The molecule has 0 bridgehead atoms. The fraction of sp³-hybridized carbons (Fsp3) is 0.619. The number of carbonyl (C=O) groups excluding carboxylic acids is 2. The van der Waals surface area contributed by atoms with Gasteiger partial charge in [0, 0.05) is 24.7 Å². The first-order valence-corrected chi connectivity index (χ1v) is 12.6. The van der Waals surface area contributed by atoms with Gasteiger partial charge >= 0.3 is 0 Å². The van der Waals surface area contributed by atoms with E-state index >= 15 is 0 Å². The Morgan fingerprint density at radius 3 is 2.45 bits per heavy atom. The topological polar surface area (TPSA) is 96.0 Å². The van der Waals surface area contributed by atoms with Crippen molar-refractivity contribution >= 4 is 33.4 Å². The summed E-state index contributed by atoms with van der Waals surface area (Å²) in [5.41, 5.74) is 0.852. The maximum atomic E-state index is 13.1.